The van der Waals surface area contributed by atoms with Gasteiger partial charge in [-0.05, 0) is 112 Å². The Balaban J connectivity index is 1.02. The molecule has 19 heteroatoms. The average molecular weight is 1050 g/mol. The Bertz CT molecular complexity index is 3230. The SMILES string of the molecule is COc1ccc(CN(Cc2ccc(OC)cc2)c2ncc(F)cc2[C@@H](C)N2c3nc(OC[C@@]45CCCN4C[C@H](F)C5)nc4c(F)c(-c5c(C6CC6F)c(Cl)cc6c5cnn6C5CCCCO5)nc(c34)OC[C@@H]2C)cc1. The number of fused-ring (bicyclic) bond motifs is 2. The molecule has 0 bridgehead atoms. The molecule has 4 aromatic heterocycles. The Labute approximate surface area is 436 Å². The van der Waals surface area contributed by atoms with Crippen molar-refractivity contribution < 1.29 is 41.2 Å². The molecule has 3 aromatic carbocycles. The summed E-state index contributed by atoms with van der Waals surface area (Å²) in [5, 5.41) is 5.68. The predicted molar refractivity (Wildman–Crippen MR) is 277 cm³/mol. The number of alkyl halides is 2. The van der Waals surface area contributed by atoms with E-state index in [-0.39, 0.29) is 71.6 Å². The van der Waals surface area contributed by atoms with Crippen molar-refractivity contribution in [2.45, 2.75) is 114 Å². The number of nitrogens with zero attached hydrogens (tertiary/aromatic N) is 9. The summed E-state index contributed by atoms with van der Waals surface area (Å²) in [7, 11) is 3.23. The van der Waals surface area contributed by atoms with Crippen molar-refractivity contribution in [3.8, 4) is 34.6 Å². The zero-order valence-corrected chi connectivity index (χ0v) is 43.0. The molecule has 4 aliphatic heterocycles. The minimum absolute atomic E-state index is 0.0312. The molecule has 392 valence electrons. The number of benzene rings is 3. The summed E-state index contributed by atoms with van der Waals surface area (Å²) in [6.07, 6.45) is 4.94. The van der Waals surface area contributed by atoms with Crippen LogP contribution in [0, 0.1) is 11.6 Å². The van der Waals surface area contributed by atoms with E-state index in [1.54, 1.807) is 31.2 Å². The van der Waals surface area contributed by atoms with Crippen LogP contribution in [-0.2, 0) is 17.8 Å². The van der Waals surface area contributed by atoms with Gasteiger partial charge in [-0.3, -0.25) is 4.90 Å². The van der Waals surface area contributed by atoms with E-state index in [1.807, 2.05) is 67.3 Å². The molecule has 75 heavy (non-hydrogen) atoms. The van der Waals surface area contributed by atoms with Gasteiger partial charge in [0, 0.05) is 60.1 Å². The largest absolute Gasteiger partial charge is 0.497 e. The van der Waals surface area contributed by atoms with Gasteiger partial charge < -0.3 is 33.5 Å². The Kier molecular flexibility index (Phi) is 13.1. The lowest BCUT2D eigenvalue weighted by Crippen LogP contribution is -2.43. The first-order chi connectivity index (χ1) is 36.4. The molecular formula is C56H58ClF4N9O5. The summed E-state index contributed by atoms with van der Waals surface area (Å²) in [6.45, 7) is 6.34. The van der Waals surface area contributed by atoms with Crippen LogP contribution in [0.1, 0.15) is 99.2 Å². The Hall–Kier alpha value is -6.50. The molecule has 3 unspecified atom stereocenters. The first-order valence-corrected chi connectivity index (χ1v) is 26.2. The number of aromatic nitrogens is 6. The highest BCUT2D eigenvalue weighted by Crippen LogP contribution is 2.54. The minimum atomic E-state index is -1.19. The lowest BCUT2D eigenvalue weighted by atomic mass is 9.95. The van der Waals surface area contributed by atoms with Gasteiger partial charge in [-0.2, -0.15) is 15.1 Å². The molecule has 8 heterocycles. The Morgan fingerprint density at radius 1 is 0.933 bits per heavy atom. The zero-order valence-electron chi connectivity index (χ0n) is 42.2. The Morgan fingerprint density at radius 2 is 1.67 bits per heavy atom. The van der Waals surface area contributed by atoms with Crippen molar-refractivity contribution in [3.05, 3.63) is 112 Å². The molecule has 14 nitrogen and oxygen atoms in total. The van der Waals surface area contributed by atoms with Crippen LogP contribution in [0.4, 0.5) is 29.2 Å². The second kappa shape index (κ2) is 19.9. The van der Waals surface area contributed by atoms with E-state index in [0.29, 0.717) is 71.2 Å². The van der Waals surface area contributed by atoms with Gasteiger partial charge in [0.2, 0.25) is 5.88 Å². The van der Waals surface area contributed by atoms with E-state index in [1.165, 1.54) is 12.3 Å². The molecular weight excluding hydrogens is 990 g/mol. The fourth-order valence-corrected chi connectivity index (χ4v) is 12.3. The fraction of sp³-hybridized carbons (Fsp3) is 0.446. The van der Waals surface area contributed by atoms with E-state index >= 15 is 17.6 Å². The molecule has 4 fully saturated rings. The molecule has 12 rings (SSSR count). The van der Waals surface area contributed by atoms with Gasteiger partial charge in [-0.1, -0.05) is 35.9 Å². The monoisotopic (exact) mass is 1050 g/mol. The van der Waals surface area contributed by atoms with Crippen molar-refractivity contribution in [2.75, 3.05) is 56.9 Å². The van der Waals surface area contributed by atoms with Gasteiger partial charge in [0.15, 0.2) is 12.0 Å². The summed E-state index contributed by atoms with van der Waals surface area (Å²) < 4.78 is 96.9. The summed E-state index contributed by atoms with van der Waals surface area (Å²) >= 11 is 7.15. The third-order valence-corrected chi connectivity index (χ3v) is 16.2. The van der Waals surface area contributed by atoms with E-state index in [2.05, 4.69) is 9.80 Å². The highest BCUT2D eigenvalue weighted by atomic mass is 35.5. The van der Waals surface area contributed by atoms with Crippen molar-refractivity contribution >= 4 is 45.0 Å². The second-order valence-corrected chi connectivity index (χ2v) is 21.1. The molecule has 0 radical (unpaired) electrons. The fourth-order valence-electron chi connectivity index (χ4n) is 12.0. The molecule has 3 saturated heterocycles. The van der Waals surface area contributed by atoms with E-state index in [4.69, 9.17) is 60.3 Å². The van der Waals surface area contributed by atoms with Crippen molar-refractivity contribution in [1.29, 1.82) is 0 Å². The summed E-state index contributed by atoms with van der Waals surface area (Å²) in [4.78, 5) is 25.9. The quantitative estimate of drug-likeness (QED) is 0.0906. The third-order valence-electron chi connectivity index (χ3n) is 15.9. The second-order valence-electron chi connectivity index (χ2n) is 20.7. The van der Waals surface area contributed by atoms with Gasteiger partial charge in [-0.15, -0.1) is 0 Å². The normalized spacial score (nSPS) is 23.7. The van der Waals surface area contributed by atoms with Crippen LogP contribution in [0.2, 0.25) is 5.02 Å². The zero-order chi connectivity index (χ0) is 51.7. The predicted octanol–water partition coefficient (Wildman–Crippen LogP) is 11.4. The number of ether oxygens (including phenoxy) is 5. The molecule has 0 amide bonds. The van der Waals surface area contributed by atoms with Crippen LogP contribution in [0.3, 0.4) is 0 Å². The number of anilines is 2. The number of rotatable bonds is 15. The standard InChI is InChI=1S/C56H58ClF4N9O5/c1-31-29-74-54-48-51(49(61)50(64-54)47-41-25-63-70(45-8-5-6-19-73-45)44(41)22-42(57)46(47)40-21-43(40)60)65-55(75-30-56-17-7-18-68(56)28-36(59)23-56)66-53(48)69(31)32(2)39-20-35(58)24-62-52(39)67(26-33-9-13-37(71-3)14-10-33)27-34-11-15-38(72-4)16-12-34/h9-16,20,22,24-25,31-32,36,40,43,45H,5-8,17-19,21,23,26-30H2,1-4H3/t31-,32+,36+,40?,43?,45?,56-/m0/s1. The maximum Gasteiger partial charge on any atom is 0.319 e. The van der Waals surface area contributed by atoms with Crippen LogP contribution in [0.5, 0.6) is 23.4 Å². The van der Waals surface area contributed by atoms with Crippen molar-refractivity contribution in [1.82, 2.24) is 34.6 Å². The highest BCUT2D eigenvalue weighted by Gasteiger charge is 2.50. The van der Waals surface area contributed by atoms with Crippen molar-refractivity contribution in [3.63, 3.8) is 0 Å². The van der Waals surface area contributed by atoms with Crippen LogP contribution in [-0.4, -0.2) is 106 Å². The molecule has 5 aliphatic rings. The maximum absolute atomic E-state index is 18.4. The molecule has 7 atom stereocenters. The topological polar surface area (TPSA) is 125 Å². The molecule has 1 saturated carbocycles. The maximum atomic E-state index is 18.4. The first-order valence-electron chi connectivity index (χ1n) is 25.9. The highest BCUT2D eigenvalue weighted by molar-refractivity contribution is 6.33. The van der Waals surface area contributed by atoms with Crippen LogP contribution < -0.4 is 28.7 Å². The minimum Gasteiger partial charge on any atom is -0.497 e. The van der Waals surface area contributed by atoms with Gasteiger partial charge in [-0.25, -0.2) is 32.2 Å². The number of methoxy groups -OCH3 is 2. The van der Waals surface area contributed by atoms with Crippen LogP contribution in [0.25, 0.3) is 33.1 Å². The third kappa shape index (κ3) is 9.09. The Morgan fingerprint density at radius 3 is 2.35 bits per heavy atom. The number of pyridine rings is 2. The van der Waals surface area contributed by atoms with Crippen LogP contribution in [0.15, 0.2) is 73.1 Å². The van der Waals surface area contributed by atoms with E-state index in [0.717, 1.165) is 49.8 Å². The van der Waals surface area contributed by atoms with Gasteiger partial charge >= 0.3 is 6.01 Å². The molecule has 0 N–H and O–H groups in total. The molecule has 7 aromatic rings. The first kappa shape index (κ1) is 49.4. The lowest BCUT2D eigenvalue weighted by molar-refractivity contribution is -0.0366. The average Bonchev–Trinajstić information content (AvgIpc) is 3.66. The summed E-state index contributed by atoms with van der Waals surface area (Å²) in [5.74, 6) is 0.179. The molecule has 1 aliphatic carbocycles. The van der Waals surface area contributed by atoms with Crippen LogP contribution >= 0.6 is 11.6 Å². The van der Waals surface area contributed by atoms with Gasteiger partial charge in [0.05, 0.1) is 49.8 Å². The molecule has 0 spiro atoms. The van der Waals surface area contributed by atoms with Crippen molar-refractivity contribution in [2.24, 2.45) is 0 Å². The number of halogens is 5. The van der Waals surface area contributed by atoms with Gasteiger partial charge in [0.1, 0.15) is 71.1 Å². The lowest BCUT2D eigenvalue weighted by Gasteiger charge is -2.37. The summed E-state index contributed by atoms with van der Waals surface area (Å²) in [5.41, 5.74) is 2.83. The van der Waals surface area contributed by atoms with E-state index < -0.39 is 47.5 Å². The van der Waals surface area contributed by atoms with E-state index in [9.17, 15) is 0 Å². The number of hydrogen-bond acceptors (Lipinski definition) is 13. The smallest absolute Gasteiger partial charge is 0.319 e. The van der Waals surface area contributed by atoms with Gasteiger partial charge in [0.25, 0.3) is 0 Å². The number of hydrogen-bond donors (Lipinski definition) is 0. The summed E-state index contributed by atoms with van der Waals surface area (Å²) in [6, 6.07) is 17.4.